The van der Waals surface area contributed by atoms with Gasteiger partial charge in [-0.05, 0) is 19.9 Å². The molecule has 2 aromatic rings. The molecular weight excluding hydrogens is 270 g/mol. The van der Waals surface area contributed by atoms with Gasteiger partial charge < -0.3 is 9.88 Å². The molecular formula is C14H19N5O2. The molecule has 0 radical (unpaired) electrons. The summed E-state index contributed by atoms with van der Waals surface area (Å²) in [6.45, 7) is 4.06. The summed E-state index contributed by atoms with van der Waals surface area (Å²) in [5, 5.41) is 6.83. The molecule has 0 fully saturated rings. The first-order chi connectivity index (χ1) is 9.99. The number of aromatic nitrogens is 4. The predicted octanol–water partition coefficient (Wildman–Crippen LogP) is 0.553. The molecule has 1 amide bonds. The fourth-order valence-corrected chi connectivity index (χ4v) is 2.20. The fourth-order valence-electron chi connectivity index (χ4n) is 2.20. The second kappa shape index (κ2) is 6.34. The summed E-state index contributed by atoms with van der Waals surface area (Å²) in [6.07, 6.45) is 1.69. The minimum Gasteiger partial charge on any atom is -0.346 e. The van der Waals surface area contributed by atoms with Gasteiger partial charge in [0.1, 0.15) is 12.2 Å². The van der Waals surface area contributed by atoms with E-state index in [9.17, 15) is 9.59 Å². The van der Waals surface area contributed by atoms with Crippen LogP contribution in [0.15, 0.2) is 29.3 Å². The Balaban J connectivity index is 1.94. The van der Waals surface area contributed by atoms with Gasteiger partial charge >= 0.3 is 0 Å². The molecule has 0 aliphatic carbocycles. The van der Waals surface area contributed by atoms with E-state index >= 15 is 0 Å². The van der Waals surface area contributed by atoms with E-state index in [0.717, 1.165) is 5.69 Å². The molecule has 0 unspecified atom stereocenters. The van der Waals surface area contributed by atoms with Crippen molar-refractivity contribution in [2.45, 2.75) is 32.9 Å². The van der Waals surface area contributed by atoms with E-state index in [0.29, 0.717) is 12.4 Å². The number of aryl methyl sites for hydroxylation is 2. The Bertz CT molecular complexity index is 689. The zero-order valence-corrected chi connectivity index (χ0v) is 12.4. The third kappa shape index (κ3) is 3.56. The monoisotopic (exact) mass is 289 g/mol. The first-order valence-corrected chi connectivity index (χ1v) is 6.78. The zero-order valence-electron chi connectivity index (χ0n) is 12.4. The SMILES string of the molecule is Cc1cccc(=O)n1CCC(=O)N[C@H](C)c1ncnn1C. The number of hydrogen-bond donors (Lipinski definition) is 1. The summed E-state index contributed by atoms with van der Waals surface area (Å²) in [6, 6.07) is 4.83. The highest BCUT2D eigenvalue weighted by atomic mass is 16.2. The van der Waals surface area contributed by atoms with Crippen molar-refractivity contribution in [2.75, 3.05) is 0 Å². The Morgan fingerprint density at radius 1 is 1.43 bits per heavy atom. The van der Waals surface area contributed by atoms with Gasteiger partial charge in [-0.2, -0.15) is 5.10 Å². The molecule has 1 atom stereocenters. The van der Waals surface area contributed by atoms with Crippen LogP contribution in [0.3, 0.4) is 0 Å². The van der Waals surface area contributed by atoms with Gasteiger partial charge in [0.2, 0.25) is 5.91 Å². The van der Waals surface area contributed by atoms with Crippen molar-refractivity contribution in [1.82, 2.24) is 24.6 Å². The second-order valence-corrected chi connectivity index (χ2v) is 4.94. The van der Waals surface area contributed by atoms with Crippen LogP contribution in [0, 0.1) is 6.92 Å². The first kappa shape index (κ1) is 15.0. The molecule has 0 saturated carbocycles. The molecule has 0 aliphatic rings. The normalized spacial score (nSPS) is 12.1. The summed E-state index contributed by atoms with van der Waals surface area (Å²) >= 11 is 0. The predicted molar refractivity (Wildman–Crippen MR) is 77.6 cm³/mol. The van der Waals surface area contributed by atoms with E-state index in [1.54, 1.807) is 22.4 Å². The van der Waals surface area contributed by atoms with Gasteiger partial charge in [-0.3, -0.25) is 14.3 Å². The largest absolute Gasteiger partial charge is 0.346 e. The molecule has 2 heterocycles. The van der Waals surface area contributed by atoms with Crippen molar-refractivity contribution >= 4 is 5.91 Å². The third-order valence-electron chi connectivity index (χ3n) is 3.34. The average molecular weight is 289 g/mol. The number of hydrogen-bond acceptors (Lipinski definition) is 4. The van der Waals surface area contributed by atoms with Crippen LogP contribution in [-0.2, 0) is 18.4 Å². The molecule has 0 bridgehead atoms. The Kier molecular flexibility index (Phi) is 4.52. The van der Waals surface area contributed by atoms with Gasteiger partial charge in [-0.1, -0.05) is 6.07 Å². The van der Waals surface area contributed by atoms with E-state index in [1.165, 1.54) is 12.4 Å². The number of rotatable bonds is 5. The van der Waals surface area contributed by atoms with Crippen molar-refractivity contribution in [3.63, 3.8) is 0 Å². The second-order valence-electron chi connectivity index (χ2n) is 4.94. The highest BCUT2D eigenvalue weighted by Gasteiger charge is 2.14. The Morgan fingerprint density at radius 2 is 2.19 bits per heavy atom. The molecule has 7 nitrogen and oxygen atoms in total. The lowest BCUT2D eigenvalue weighted by atomic mass is 10.2. The van der Waals surface area contributed by atoms with Gasteiger partial charge in [0.05, 0.1) is 6.04 Å². The highest BCUT2D eigenvalue weighted by molar-refractivity contribution is 5.76. The number of nitrogens with zero attached hydrogens (tertiary/aromatic N) is 4. The molecule has 0 aromatic carbocycles. The Labute approximate surface area is 122 Å². The molecule has 2 aromatic heterocycles. The minimum atomic E-state index is -0.224. The number of carbonyl (C=O) groups is 1. The van der Waals surface area contributed by atoms with Crippen LogP contribution in [0.5, 0.6) is 0 Å². The minimum absolute atomic E-state index is 0.0934. The van der Waals surface area contributed by atoms with E-state index in [-0.39, 0.29) is 23.9 Å². The van der Waals surface area contributed by atoms with Crippen LogP contribution in [0.25, 0.3) is 0 Å². The van der Waals surface area contributed by atoms with Gasteiger partial charge in [0.25, 0.3) is 5.56 Å². The fraction of sp³-hybridized carbons (Fsp3) is 0.429. The Morgan fingerprint density at radius 3 is 2.81 bits per heavy atom. The average Bonchev–Trinajstić information content (AvgIpc) is 2.84. The van der Waals surface area contributed by atoms with E-state index in [4.69, 9.17) is 0 Å². The van der Waals surface area contributed by atoms with Gasteiger partial charge in [-0.25, -0.2) is 4.98 Å². The molecule has 21 heavy (non-hydrogen) atoms. The lowest BCUT2D eigenvalue weighted by Gasteiger charge is -2.14. The van der Waals surface area contributed by atoms with Crippen LogP contribution in [-0.4, -0.2) is 25.2 Å². The standard InChI is InChI=1S/C14H19N5O2/c1-10-5-4-6-13(21)19(10)8-7-12(20)17-11(2)14-15-9-16-18(14)3/h4-6,9,11H,7-8H2,1-3H3,(H,17,20)/t11-/m1/s1. The molecule has 7 heteroatoms. The highest BCUT2D eigenvalue weighted by Crippen LogP contribution is 2.07. The van der Waals surface area contributed by atoms with Crippen molar-refractivity contribution in [2.24, 2.45) is 7.05 Å². The van der Waals surface area contributed by atoms with Crippen LogP contribution >= 0.6 is 0 Å². The lowest BCUT2D eigenvalue weighted by molar-refractivity contribution is -0.122. The maximum atomic E-state index is 12.0. The van der Waals surface area contributed by atoms with E-state index < -0.39 is 0 Å². The van der Waals surface area contributed by atoms with Gasteiger partial charge in [-0.15, -0.1) is 0 Å². The topological polar surface area (TPSA) is 81.8 Å². The van der Waals surface area contributed by atoms with Crippen LogP contribution < -0.4 is 10.9 Å². The first-order valence-electron chi connectivity index (χ1n) is 6.78. The maximum Gasteiger partial charge on any atom is 0.250 e. The summed E-state index contributed by atoms with van der Waals surface area (Å²) in [7, 11) is 1.78. The summed E-state index contributed by atoms with van der Waals surface area (Å²) in [5.74, 6) is 0.567. The van der Waals surface area contributed by atoms with E-state index in [1.807, 2.05) is 19.9 Å². The molecule has 1 N–H and O–H groups in total. The quantitative estimate of drug-likeness (QED) is 0.871. The van der Waals surface area contributed by atoms with Crippen molar-refractivity contribution in [3.8, 4) is 0 Å². The maximum absolute atomic E-state index is 12.0. The Hall–Kier alpha value is -2.44. The van der Waals surface area contributed by atoms with Crippen molar-refractivity contribution < 1.29 is 4.79 Å². The molecule has 2 rings (SSSR count). The van der Waals surface area contributed by atoms with Gasteiger partial charge in [0.15, 0.2) is 0 Å². The molecule has 0 saturated heterocycles. The smallest absolute Gasteiger partial charge is 0.250 e. The van der Waals surface area contributed by atoms with Crippen LogP contribution in [0.2, 0.25) is 0 Å². The number of nitrogens with one attached hydrogen (secondary N) is 1. The van der Waals surface area contributed by atoms with Crippen molar-refractivity contribution in [1.29, 1.82) is 0 Å². The molecule has 0 aliphatic heterocycles. The number of pyridine rings is 1. The van der Waals surface area contributed by atoms with Crippen molar-refractivity contribution in [3.05, 3.63) is 46.4 Å². The van der Waals surface area contributed by atoms with Gasteiger partial charge in [0, 0.05) is 31.8 Å². The summed E-state index contributed by atoms with van der Waals surface area (Å²) in [4.78, 5) is 27.8. The van der Waals surface area contributed by atoms with Crippen LogP contribution in [0.4, 0.5) is 0 Å². The lowest BCUT2D eigenvalue weighted by Crippen LogP contribution is -2.31. The van der Waals surface area contributed by atoms with E-state index in [2.05, 4.69) is 15.4 Å². The number of amides is 1. The summed E-state index contributed by atoms with van der Waals surface area (Å²) in [5.41, 5.74) is 0.751. The number of carbonyl (C=O) groups excluding carboxylic acids is 1. The zero-order chi connectivity index (χ0) is 15.4. The summed E-state index contributed by atoms with van der Waals surface area (Å²) < 4.78 is 3.21. The molecule has 0 spiro atoms. The third-order valence-corrected chi connectivity index (χ3v) is 3.34. The molecule has 112 valence electrons. The van der Waals surface area contributed by atoms with Crippen LogP contribution in [0.1, 0.15) is 30.9 Å².